The van der Waals surface area contributed by atoms with Gasteiger partial charge in [-0.2, -0.15) is 0 Å². The van der Waals surface area contributed by atoms with Gasteiger partial charge in [0.25, 0.3) is 5.91 Å². The van der Waals surface area contributed by atoms with Crippen molar-refractivity contribution < 1.29 is 14.7 Å². The van der Waals surface area contributed by atoms with Gasteiger partial charge in [-0.3, -0.25) is 9.59 Å². The largest absolute Gasteiger partial charge is 0.506 e. The lowest BCUT2D eigenvalue weighted by atomic mass is 9.74. The predicted octanol–water partition coefficient (Wildman–Crippen LogP) is 4.40. The first-order chi connectivity index (χ1) is 12.0. The standard InChI is InChI=1S/C21H25NO3/c1-3-21(4-2)9-11-22(12-10-21)20(25)17-13-15-7-5-6-8-16(15)18(14-23)19(17)24/h5-8,13-14,24H,3-4,9-12H2,1-2H3. The van der Waals surface area contributed by atoms with Crippen LogP contribution >= 0.6 is 0 Å². The molecule has 0 bridgehead atoms. The lowest BCUT2D eigenvalue weighted by Crippen LogP contribution is -2.42. The zero-order chi connectivity index (χ0) is 18.0. The van der Waals surface area contributed by atoms with E-state index in [9.17, 15) is 14.7 Å². The zero-order valence-electron chi connectivity index (χ0n) is 14.9. The summed E-state index contributed by atoms with van der Waals surface area (Å²) in [4.78, 5) is 26.2. The Morgan fingerprint density at radius 1 is 1.20 bits per heavy atom. The molecule has 1 N–H and O–H groups in total. The number of aromatic hydroxyl groups is 1. The summed E-state index contributed by atoms with van der Waals surface area (Å²) in [6.45, 7) is 5.82. The molecule has 2 aromatic carbocycles. The number of piperidine rings is 1. The van der Waals surface area contributed by atoms with E-state index in [1.807, 2.05) is 23.1 Å². The fraction of sp³-hybridized carbons (Fsp3) is 0.429. The molecular weight excluding hydrogens is 314 g/mol. The summed E-state index contributed by atoms with van der Waals surface area (Å²) in [6, 6.07) is 9.01. The monoisotopic (exact) mass is 339 g/mol. The van der Waals surface area contributed by atoms with Crippen molar-refractivity contribution in [1.29, 1.82) is 0 Å². The summed E-state index contributed by atoms with van der Waals surface area (Å²) in [5, 5.41) is 12.0. The van der Waals surface area contributed by atoms with Gasteiger partial charge in [-0.15, -0.1) is 0 Å². The maximum atomic E-state index is 13.0. The van der Waals surface area contributed by atoms with Crippen molar-refractivity contribution in [3.8, 4) is 5.75 Å². The van der Waals surface area contributed by atoms with Gasteiger partial charge in [0, 0.05) is 13.1 Å². The maximum absolute atomic E-state index is 13.0. The third kappa shape index (κ3) is 3.01. The Hall–Kier alpha value is -2.36. The quantitative estimate of drug-likeness (QED) is 0.840. The van der Waals surface area contributed by atoms with Crippen LogP contribution in [0.3, 0.4) is 0 Å². The number of likely N-dealkylation sites (tertiary alicyclic amines) is 1. The number of fused-ring (bicyclic) bond motifs is 1. The highest BCUT2D eigenvalue weighted by Gasteiger charge is 2.34. The van der Waals surface area contributed by atoms with E-state index in [4.69, 9.17) is 0 Å². The van der Waals surface area contributed by atoms with E-state index >= 15 is 0 Å². The normalized spacial score (nSPS) is 16.8. The van der Waals surface area contributed by atoms with Gasteiger partial charge in [0.1, 0.15) is 5.75 Å². The Kier molecular flexibility index (Phi) is 4.80. The molecule has 0 aromatic heterocycles. The smallest absolute Gasteiger partial charge is 0.257 e. The fourth-order valence-electron chi connectivity index (χ4n) is 3.96. The SMILES string of the molecule is CCC1(CC)CCN(C(=O)c2cc3ccccc3c(C=O)c2O)CC1. The van der Waals surface area contributed by atoms with E-state index in [0.717, 1.165) is 31.1 Å². The van der Waals surface area contributed by atoms with Crippen molar-refractivity contribution in [1.82, 2.24) is 4.90 Å². The molecule has 3 rings (SSSR count). The maximum Gasteiger partial charge on any atom is 0.257 e. The van der Waals surface area contributed by atoms with Gasteiger partial charge in [0.2, 0.25) is 0 Å². The van der Waals surface area contributed by atoms with Crippen molar-refractivity contribution in [2.24, 2.45) is 5.41 Å². The second-order valence-corrected chi connectivity index (χ2v) is 7.02. The highest BCUT2D eigenvalue weighted by atomic mass is 16.3. The van der Waals surface area contributed by atoms with E-state index in [2.05, 4.69) is 13.8 Å². The number of amides is 1. The van der Waals surface area contributed by atoms with Crippen molar-refractivity contribution in [3.63, 3.8) is 0 Å². The van der Waals surface area contributed by atoms with Gasteiger partial charge in [0.15, 0.2) is 6.29 Å². The number of phenols is 1. The van der Waals surface area contributed by atoms with E-state index in [1.165, 1.54) is 0 Å². The molecule has 132 valence electrons. The number of phenolic OH excluding ortho intramolecular Hbond substituents is 1. The minimum atomic E-state index is -0.207. The summed E-state index contributed by atoms with van der Waals surface area (Å²) in [6.07, 6.45) is 4.86. The third-order valence-corrected chi connectivity index (χ3v) is 6.02. The van der Waals surface area contributed by atoms with E-state index < -0.39 is 0 Å². The van der Waals surface area contributed by atoms with Crippen LogP contribution in [0.5, 0.6) is 5.75 Å². The molecule has 0 atom stereocenters. The van der Waals surface area contributed by atoms with Crippen molar-refractivity contribution in [2.45, 2.75) is 39.5 Å². The first kappa shape index (κ1) is 17.5. The number of carbonyl (C=O) groups is 2. The van der Waals surface area contributed by atoms with Gasteiger partial charge in [-0.1, -0.05) is 51.0 Å². The van der Waals surface area contributed by atoms with Crippen molar-refractivity contribution in [2.75, 3.05) is 13.1 Å². The Balaban J connectivity index is 1.93. The number of carbonyl (C=O) groups excluding carboxylic acids is 2. The molecule has 0 radical (unpaired) electrons. The van der Waals surface area contributed by atoms with E-state index in [0.29, 0.717) is 30.2 Å². The molecule has 1 aliphatic heterocycles. The molecule has 0 spiro atoms. The van der Waals surface area contributed by atoms with Gasteiger partial charge in [-0.05, 0) is 35.1 Å². The first-order valence-electron chi connectivity index (χ1n) is 9.04. The molecule has 25 heavy (non-hydrogen) atoms. The average Bonchev–Trinajstić information content (AvgIpc) is 2.67. The number of hydrogen-bond acceptors (Lipinski definition) is 3. The minimum absolute atomic E-state index is 0.188. The van der Waals surface area contributed by atoms with Crippen LogP contribution in [-0.4, -0.2) is 35.3 Å². The first-order valence-corrected chi connectivity index (χ1v) is 9.04. The zero-order valence-corrected chi connectivity index (χ0v) is 14.9. The van der Waals surface area contributed by atoms with Crippen LogP contribution in [0, 0.1) is 5.41 Å². The van der Waals surface area contributed by atoms with Crippen LogP contribution < -0.4 is 0 Å². The Morgan fingerprint density at radius 3 is 2.44 bits per heavy atom. The van der Waals surface area contributed by atoms with Crippen LogP contribution in [0.1, 0.15) is 60.2 Å². The lowest BCUT2D eigenvalue weighted by Gasteiger charge is -2.41. The highest BCUT2D eigenvalue weighted by Crippen LogP contribution is 2.39. The summed E-state index contributed by atoms with van der Waals surface area (Å²) in [5.74, 6) is -0.395. The second-order valence-electron chi connectivity index (χ2n) is 7.02. The number of aldehydes is 1. The number of nitrogens with zero attached hydrogens (tertiary/aromatic N) is 1. The molecule has 4 nitrogen and oxygen atoms in total. The lowest BCUT2D eigenvalue weighted by molar-refractivity contribution is 0.0555. The predicted molar refractivity (Wildman–Crippen MR) is 99.2 cm³/mol. The van der Waals surface area contributed by atoms with Gasteiger partial charge >= 0.3 is 0 Å². The van der Waals surface area contributed by atoms with Crippen LogP contribution in [0.2, 0.25) is 0 Å². The van der Waals surface area contributed by atoms with Crippen LogP contribution in [-0.2, 0) is 0 Å². The van der Waals surface area contributed by atoms with Crippen LogP contribution in [0.4, 0.5) is 0 Å². The fourth-order valence-corrected chi connectivity index (χ4v) is 3.96. The number of rotatable bonds is 4. The molecular formula is C21H25NO3. The van der Waals surface area contributed by atoms with Crippen LogP contribution in [0.15, 0.2) is 30.3 Å². The topological polar surface area (TPSA) is 57.6 Å². The van der Waals surface area contributed by atoms with Gasteiger partial charge in [-0.25, -0.2) is 0 Å². The summed E-state index contributed by atoms with van der Waals surface area (Å²) in [7, 11) is 0. The van der Waals surface area contributed by atoms with E-state index in [-0.39, 0.29) is 22.8 Å². The molecule has 4 heteroatoms. The molecule has 1 aliphatic rings. The molecule has 1 saturated heterocycles. The van der Waals surface area contributed by atoms with Crippen molar-refractivity contribution >= 4 is 23.0 Å². The Labute approximate surface area is 148 Å². The molecule has 1 fully saturated rings. The molecule has 0 unspecified atom stereocenters. The average molecular weight is 339 g/mol. The van der Waals surface area contributed by atoms with Crippen LogP contribution in [0.25, 0.3) is 10.8 Å². The Morgan fingerprint density at radius 2 is 1.84 bits per heavy atom. The molecule has 2 aromatic rings. The molecule has 1 amide bonds. The van der Waals surface area contributed by atoms with Gasteiger partial charge < -0.3 is 10.0 Å². The van der Waals surface area contributed by atoms with Gasteiger partial charge in [0.05, 0.1) is 11.1 Å². The van der Waals surface area contributed by atoms with Crippen molar-refractivity contribution in [3.05, 3.63) is 41.5 Å². The van der Waals surface area contributed by atoms with E-state index in [1.54, 1.807) is 12.1 Å². The number of hydrogen-bond donors (Lipinski definition) is 1. The highest BCUT2D eigenvalue weighted by molar-refractivity contribution is 6.08. The molecule has 0 aliphatic carbocycles. The Bertz CT molecular complexity index is 798. The second kappa shape index (κ2) is 6.87. The molecule has 1 heterocycles. The summed E-state index contributed by atoms with van der Waals surface area (Å²) >= 11 is 0. The third-order valence-electron chi connectivity index (χ3n) is 6.02. The molecule has 0 saturated carbocycles. The minimum Gasteiger partial charge on any atom is -0.506 e. The summed E-state index contributed by atoms with van der Waals surface area (Å²) < 4.78 is 0. The number of benzene rings is 2. The summed E-state index contributed by atoms with van der Waals surface area (Å²) in [5.41, 5.74) is 0.743.